The first kappa shape index (κ1) is 32.7. The van der Waals surface area contributed by atoms with E-state index in [1.54, 1.807) is 0 Å². The van der Waals surface area contributed by atoms with E-state index in [9.17, 15) is 9.59 Å². The van der Waals surface area contributed by atoms with E-state index in [2.05, 4.69) is 19.2 Å². The molecule has 162 valence electrons. The number of carboxylic acids is 1. The monoisotopic (exact) mass is 419 g/mol. The molecule has 2 rings (SSSR count). The summed E-state index contributed by atoms with van der Waals surface area (Å²) in [6, 6.07) is 4.18. The molecule has 0 unspecified atom stereocenters. The normalized spacial score (nSPS) is 13.6. The van der Waals surface area contributed by atoms with Gasteiger partial charge in [0, 0.05) is 6.54 Å². The van der Waals surface area contributed by atoms with Crippen LogP contribution in [0.5, 0.6) is 0 Å². The van der Waals surface area contributed by atoms with Gasteiger partial charge in [0.25, 0.3) is 5.91 Å². The maximum atomic E-state index is 12.2. The molecule has 1 aromatic rings. The van der Waals surface area contributed by atoms with Gasteiger partial charge in [-0.15, -0.1) is 0 Å². The second-order valence-corrected chi connectivity index (χ2v) is 7.18. The number of halogens is 1. The van der Waals surface area contributed by atoms with Crippen LogP contribution in [0.15, 0.2) is 18.2 Å². The third-order valence-electron chi connectivity index (χ3n) is 4.59. The zero-order chi connectivity index (χ0) is 19.4. The molecule has 1 aromatic carbocycles. The third-order valence-corrected chi connectivity index (χ3v) is 4.92. The molecule has 1 aliphatic rings. The van der Waals surface area contributed by atoms with Crippen LogP contribution in [-0.2, 0) is 0 Å². The summed E-state index contributed by atoms with van der Waals surface area (Å²) in [5.41, 5.74) is 0.299. The van der Waals surface area contributed by atoms with Crippen molar-refractivity contribution in [2.75, 3.05) is 6.54 Å². The molecule has 0 aromatic heterocycles. The molecule has 6 heteroatoms. The molecule has 0 atom stereocenters. The van der Waals surface area contributed by atoms with Crippen molar-refractivity contribution in [3.8, 4) is 0 Å². The fourth-order valence-electron chi connectivity index (χ4n) is 2.91. The van der Waals surface area contributed by atoms with Crippen molar-refractivity contribution in [1.29, 1.82) is 0 Å². The number of amides is 1. The van der Waals surface area contributed by atoms with E-state index in [0.29, 0.717) is 12.5 Å². The van der Waals surface area contributed by atoms with Crippen LogP contribution in [-0.4, -0.2) is 23.5 Å². The van der Waals surface area contributed by atoms with Gasteiger partial charge >= 0.3 is 24.8 Å². The van der Waals surface area contributed by atoms with Gasteiger partial charge in [0.15, 0.2) is 0 Å². The Morgan fingerprint density at radius 3 is 2.14 bits per heavy atom. The van der Waals surface area contributed by atoms with Gasteiger partial charge in [-0.05, 0) is 37.0 Å². The first-order valence-electron chi connectivity index (χ1n) is 9.59. The Balaban J connectivity index is -0.000000885. The molecular weight excluding hydrogens is 381 g/mol. The molecule has 1 amide bonds. The number of aromatic carboxylic acids is 1. The Morgan fingerprint density at radius 2 is 1.66 bits per heavy atom. The van der Waals surface area contributed by atoms with E-state index < -0.39 is 5.97 Å². The Labute approximate surface area is 195 Å². The zero-order valence-corrected chi connectivity index (χ0v) is 17.5. The van der Waals surface area contributed by atoms with Crippen LogP contribution in [0.4, 0.5) is 0 Å². The van der Waals surface area contributed by atoms with E-state index >= 15 is 0 Å². The number of carbonyl (C=O) groups excluding carboxylic acids is 1. The van der Waals surface area contributed by atoms with Gasteiger partial charge in [0.2, 0.25) is 0 Å². The van der Waals surface area contributed by atoms with Crippen LogP contribution < -0.4 is 24.2 Å². The van der Waals surface area contributed by atoms with Crippen LogP contribution in [0.1, 0.15) is 100 Å². The fraction of sp³-hybridized carbons (Fsp3) is 0.609. The van der Waals surface area contributed by atoms with Crippen molar-refractivity contribution in [3.05, 3.63) is 41.3 Å². The molecule has 0 radical (unpaired) electrons. The Kier molecular flexibility index (Phi) is 21.5. The number of nitrogens with one attached hydrogen (secondary N) is 1. The van der Waals surface area contributed by atoms with Gasteiger partial charge in [0.1, 0.15) is 0 Å². The number of benzene rings is 1. The Morgan fingerprint density at radius 1 is 1.14 bits per heavy atom. The standard InChI is InChI=1S/C17H22ClNO3.C4H9.2CH4.Li/c18-15-9-8-13(17(21)22)10-14(15)16(20)19-11-12-6-4-2-1-3-5-7-12;1-3-4-2;;;/h8-10,12H,1-7,11H2,(H,19,20)(H,21,22);1,3-4H2,2H3;2*1H4;/q;-1;;;+1. The van der Waals surface area contributed by atoms with Gasteiger partial charge in [-0.25, -0.2) is 4.79 Å². The van der Waals surface area contributed by atoms with Crippen LogP contribution in [0.25, 0.3) is 0 Å². The van der Waals surface area contributed by atoms with Gasteiger partial charge in [-0.3, -0.25) is 4.79 Å². The number of hydrogen-bond donors (Lipinski definition) is 2. The first-order valence-corrected chi connectivity index (χ1v) is 9.97. The zero-order valence-electron chi connectivity index (χ0n) is 16.7. The van der Waals surface area contributed by atoms with Crippen molar-refractivity contribution in [3.63, 3.8) is 0 Å². The van der Waals surface area contributed by atoms with Crippen LogP contribution in [0.2, 0.25) is 5.02 Å². The van der Waals surface area contributed by atoms with Crippen LogP contribution in [0.3, 0.4) is 0 Å². The summed E-state index contributed by atoms with van der Waals surface area (Å²) < 4.78 is 0. The summed E-state index contributed by atoms with van der Waals surface area (Å²) in [4.78, 5) is 23.2. The largest absolute Gasteiger partial charge is 1.00 e. The predicted octanol–water partition coefficient (Wildman–Crippen LogP) is 4.03. The van der Waals surface area contributed by atoms with Gasteiger partial charge in [-0.1, -0.05) is 71.9 Å². The minimum atomic E-state index is -1.06. The molecule has 0 heterocycles. The van der Waals surface area contributed by atoms with Crippen molar-refractivity contribution in [2.45, 2.75) is 79.6 Å². The minimum Gasteiger partial charge on any atom is -0.478 e. The average Bonchev–Trinajstić information content (AvgIpc) is 2.61. The van der Waals surface area contributed by atoms with Crippen molar-refractivity contribution in [1.82, 2.24) is 5.32 Å². The summed E-state index contributed by atoms with van der Waals surface area (Å²) in [6.45, 7) is 6.35. The number of unbranched alkanes of at least 4 members (excludes halogenated alkanes) is 1. The van der Waals surface area contributed by atoms with E-state index in [0.717, 1.165) is 19.3 Å². The summed E-state index contributed by atoms with van der Waals surface area (Å²) in [6.07, 6.45) is 10.9. The van der Waals surface area contributed by atoms with E-state index in [4.69, 9.17) is 16.7 Å². The molecule has 29 heavy (non-hydrogen) atoms. The van der Waals surface area contributed by atoms with E-state index in [1.807, 2.05) is 0 Å². The third kappa shape index (κ3) is 13.1. The second-order valence-electron chi connectivity index (χ2n) is 6.77. The quantitative estimate of drug-likeness (QED) is 0.559. The predicted molar refractivity (Wildman–Crippen MR) is 120 cm³/mol. The molecular formula is C23H39ClLiNO3. The number of carboxylic acid groups (broad SMARTS) is 1. The van der Waals surface area contributed by atoms with E-state index in [1.165, 1.54) is 56.7 Å². The number of carbonyl (C=O) groups is 2. The molecule has 0 aliphatic heterocycles. The van der Waals surface area contributed by atoms with Gasteiger partial charge in [0.05, 0.1) is 16.1 Å². The summed E-state index contributed by atoms with van der Waals surface area (Å²) in [7, 11) is 0. The maximum absolute atomic E-state index is 12.2. The fourth-order valence-corrected chi connectivity index (χ4v) is 3.11. The maximum Gasteiger partial charge on any atom is 1.00 e. The molecule has 0 saturated heterocycles. The first-order chi connectivity index (χ1) is 12.5. The van der Waals surface area contributed by atoms with Crippen molar-refractivity contribution < 1.29 is 33.6 Å². The molecule has 1 aliphatic carbocycles. The Bertz CT molecular complexity index is 571. The topological polar surface area (TPSA) is 66.4 Å². The molecule has 2 N–H and O–H groups in total. The molecule has 1 fully saturated rings. The van der Waals surface area contributed by atoms with Crippen LogP contribution in [0, 0.1) is 12.8 Å². The summed E-state index contributed by atoms with van der Waals surface area (Å²) >= 11 is 6.01. The van der Waals surface area contributed by atoms with Gasteiger partial charge in [-0.2, -0.15) is 6.42 Å². The van der Waals surface area contributed by atoms with E-state index in [-0.39, 0.29) is 55.8 Å². The second kappa shape index (κ2) is 19.0. The summed E-state index contributed by atoms with van der Waals surface area (Å²) in [5, 5.41) is 12.2. The molecule has 0 bridgehead atoms. The van der Waals surface area contributed by atoms with Crippen LogP contribution >= 0.6 is 11.6 Å². The number of rotatable bonds is 5. The SMILES string of the molecule is C.C.O=C(O)c1ccc(Cl)c(C(=O)NCC2CCCCCCC2)c1.[CH2-]CCC.[Li+]. The minimum absolute atomic E-state index is 0. The smallest absolute Gasteiger partial charge is 0.478 e. The average molecular weight is 420 g/mol. The Hall–Kier alpha value is -0.953. The van der Waals surface area contributed by atoms with Crippen molar-refractivity contribution >= 4 is 23.5 Å². The number of hydrogen-bond acceptors (Lipinski definition) is 2. The molecule has 1 saturated carbocycles. The van der Waals surface area contributed by atoms with Gasteiger partial charge < -0.3 is 17.3 Å². The summed E-state index contributed by atoms with van der Waals surface area (Å²) in [5.74, 6) is -0.855. The van der Waals surface area contributed by atoms with Crippen molar-refractivity contribution in [2.24, 2.45) is 5.92 Å². The molecule has 4 nitrogen and oxygen atoms in total. The molecule has 0 spiro atoms.